The van der Waals surface area contributed by atoms with Gasteiger partial charge in [-0.25, -0.2) is 0 Å². The highest BCUT2D eigenvalue weighted by Gasteiger charge is 2.33. The van der Waals surface area contributed by atoms with Crippen molar-refractivity contribution in [2.45, 2.75) is 39.3 Å². The van der Waals surface area contributed by atoms with Gasteiger partial charge in [-0.3, -0.25) is 5.10 Å². The second-order valence-electron chi connectivity index (χ2n) is 4.16. The van der Waals surface area contributed by atoms with Crippen LogP contribution in [0.5, 0.6) is 0 Å². The SMILES string of the molecule is Cc1[nH]ncc1C(C)N[C@@H]1C[C@H]1C. The fourth-order valence-electron chi connectivity index (χ4n) is 1.76. The van der Waals surface area contributed by atoms with Gasteiger partial charge in [0.2, 0.25) is 0 Å². The van der Waals surface area contributed by atoms with Gasteiger partial charge in [0, 0.05) is 23.3 Å². The van der Waals surface area contributed by atoms with Gasteiger partial charge in [0.25, 0.3) is 0 Å². The molecule has 1 unspecified atom stereocenters. The molecule has 0 bridgehead atoms. The van der Waals surface area contributed by atoms with Crippen LogP contribution in [0.25, 0.3) is 0 Å². The van der Waals surface area contributed by atoms with E-state index in [1.54, 1.807) is 0 Å². The molecule has 3 heteroatoms. The molecular weight excluding hydrogens is 162 g/mol. The van der Waals surface area contributed by atoms with E-state index < -0.39 is 0 Å². The van der Waals surface area contributed by atoms with Crippen molar-refractivity contribution in [2.24, 2.45) is 5.92 Å². The Bertz CT molecular complexity index is 292. The molecule has 1 aromatic heterocycles. The first-order valence-corrected chi connectivity index (χ1v) is 4.94. The molecular formula is C10H17N3. The lowest BCUT2D eigenvalue weighted by Gasteiger charge is -2.12. The summed E-state index contributed by atoms with van der Waals surface area (Å²) in [7, 11) is 0. The summed E-state index contributed by atoms with van der Waals surface area (Å²) in [5, 5.41) is 10.6. The average Bonchev–Trinajstić information content (AvgIpc) is 2.62. The molecule has 0 aromatic carbocycles. The molecule has 3 nitrogen and oxygen atoms in total. The maximum atomic E-state index is 4.02. The number of aryl methyl sites for hydroxylation is 1. The molecule has 2 N–H and O–H groups in total. The van der Waals surface area contributed by atoms with Crippen LogP contribution < -0.4 is 5.32 Å². The second-order valence-corrected chi connectivity index (χ2v) is 4.16. The number of aromatic nitrogens is 2. The van der Waals surface area contributed by atoms with Gasteiger partial charge in [-0.05, 0) is 26.2 Å². The third kappa shape index (κ3) is 1.75. The van der Waals surface area contributed by atoms with Crippen LogP contribution in [0.1, 0.15) is 37.6 Å². The lowest BCUT2D eigenvalue weighted by atomic mass is 10.1. The average molecular weight is 179 g/mol. The Morgan fingerprint density at radius 1 is 1.69 bits per heavy atom. The summed E-state index contributed by atoms with van der Waals surface area (Å²) in [6.45, 7) is 6.55. The fourth-order valence-corrected chi connectivity index (χ4v) is 1.76. The lowest BCUT2D eigenvalue weighted by molar-refractivity contribution is 0.550. The predicted molar refractivity (Wildman–Crippen MR) is 52.4 cm³/mol. The molecule has 0 aliphatic heterocycles. The summed E-state index contributed by atoms with van der Waals surface area (Å²) in [5.74, 6) is 0.856. The zero-order valence-electron chi connectivity index (χ0n) is 8.46. The van der Waals surface area contributed by atoms with Crippen LogP contribution in [0.2, 0.25) is 0 Å². The molecule has 0 amide bonds. The number of H-pyrrole nitrogens is 1. The van der Waals surface area contributed by atoms with Crippen molar-refractivity contribution in [2.75, 3.05) is 0 Å². The number of nitrogens with one attached hydrogen (secondary N) is 2. The van der Waals surface area contributed by atoms with Crippen LogP contribution >= 0.6 is 0 Å². The maximum Gasteiger partial charge on any atom is 0.0537 e. The van der Waals surface area contributed by atoms with Crippen LogP contribution in [-0.2, 0) is 0 Å². The van der Waals surface area contributed by atoms with Crippen molar-refractivity contribution >= 4 is 0 Å². The van der Waals surface area contributed by atoms with Crippen LogP contribution in [0.3, 0.4) is 0 Å². The Morgan fingerprint density at radius 2 is 2.38 bits per heavy atom. The molecule has 1 aromatic rings. The van der Waals surface area contributed by atoms with E-state index in [2.05, 4.69) is 36.3 Å². The van der Waals surface area contributed by atoms with Gasteiger partial charge >= 0.3 is 0 Å². The summed E-state index contributed by atoms with van der Waals surface area (Å²) >= 11 is 0. The topological polar surface area (TPSA) is 40.7 Å². The van der Waals surface area contributed by atoms with Gasteiger partial charge < -0.3 is 5.32 Å². The van der Waals surface area contributed by atoms with Gasteiger partial charge in [0.15, 0.2) is 0 Å². The summed E-state index contributed by atoms with van der Waals surface area (Å²) in [6.07, 6.45) is 3.24. The Hall–Kier alpha value is -0.830. The smallest absolute Gasteiger partial charge is 0.0537 e. The second kappa shape index (κ2) is 3.14. The molecule has 1 aliphatic carbocycles. The summed E-state index contributed by atoms with van der Waals surface area (Å²) in [4.78, 5) is 0. The van der Waals surface area contributed by atoms with Crippen LogP contribution in [0.4, 0.5) is 0 Å². The molecule has 1 aliphatic rings. The summed E-state index contributed by atoms with van der Waals surface area (Å²) < 4.78 is 0. The number of aromatic amines is 1. The van der Waals surface area contributed by atoms with Crippen molar-refractivity contribution in [3.8, 4) is 0 Å². The number of hydrogen-bond acceptors (Lipinski definition) is 2. The van der Waals surface area contributed by atoms with E-state index in [4.69, 9.17) is 0 Å². The monoisotopic (exact) mass is 179 g/mol. The zero-order valence-corrected chi connectivity index (χ0v) is 8.46. The lowest BCUT2D eigenvalue weighted by Crippen LogP contribution is -2.22. The molecule has 13 heavy (non-hydrogen) atoms. The predicted octanol–water partition coefficient (Wildman–Crippen LogP) is 1.78. The van der Waals surface area contributed by atoms with E-state index >= 15 is 0 Å². The zero-order chi connectivity index (χ0) is 9.42. The van der Waals surface area contributed by atoms with E-state index in [1.807, 2.05) is 6.20 Å². The molecule has 72 valence electrons. The normalized spacial score (nSPS) is 28.8. The largest absolute Gasteiger partial charge is 0.307 e. The Labute approximate surface area is 78.9 Å². The molecule has 3 atom stereocenters. The Balaban J connectivity index is 1.97. The van der Waals surface area contributed by atoms with Crippen molar-refractivity contribution in [3.05, 3.63) is 17.5 Å². The van der Waals surface area contributed by atoms with Gasteiger partial charge in [-0.2, -0.15) is 5.10 Å². The van der Waals surface area contributed by atoms with Crippen LogP contribution in [-0.4, -0.2) is 16.2 Å². The quantitative estimate of drug-likeness (QED) is 0.742. The first kappa shape index (κ1) is 8.75. The van der Waals surface area contributed by atoms with Crippen molar-refractivity contribution in [3.63, 3.8) is 0 Å². The van der Waals surface area contributed by atoms with E-state index in [9.17, 15) is 0 Å². The number of hydrogen-bond donors (Lipinski definition) is 2. The standard InChI is InChI=1S/C10H17N3/c1-6-4-10(6)12-7(2)9-5-11-13-8(9)3/h5-7,10,12H,4H2,1-3H3,(H,11,13)/t6-,7?,10-/m1/s1. The molecule has 0 spiro atoms. The highest BCUT2D eigenvalue weighted by Crippen LogP contribution is 2.31. The third-order valence-corrected chi connectivity index (χ3v) is 2.91. The fraction of sp³-hybridized carbons (Fsp3) is 0.700. The van der Waals surface area contributed by atoms with Crippen molar-refractivity contribution in [1.29, 1.82) is 0 Å². The molecule has 0 saturated heterocycles. The van der Waals surface area contributed by atoms with E-state index in [-0.39, 0.29) is 0 Å². The van der Waals surface area contributed by atoms with Crippen molar-refractivity contribution in [1.82, 2.24) is 15.5 Å². The Kier molecular flexibility index (Phi) is 2.12. The van der Waals surface area contributed by atoms with Gasteiger partial charge in [-0.15, -0.1) is 0 Å². The minimum atomic E-state index is 0.425. The highest BCUT2D eigenvalue weighted by molar-refractivity contribution is 5.19. The number of rotatable bonds is 3. The summed E-state index contributed by atoms with van der Waals surface area (Å²) in [6, 6.07) is 1.15. The van der Waals surface area contributed by atoms with E-state index in [1.165, 1.54) is 17.7 Å². The Morgan fingerprint density at radius 3 is 2.85 bits per heavy atom. The van der Waals surface area contributed by atoms with Gasteiger partial charge in [0.1, 0.15) is 0 Å². The molecule has 2 rings (SSSR count). The van der Waals surface area contributed by atoms with Gasteiger partial charge in [-0.1, -0.05) is 6.92 Å². The minimum absolute atomic E-state index is 0.425. The van der Waals surface area contributed by atoms with Crippen LogP contribution in [0.15, 0.2) is 6.20 Å². The molecule has 0 radical (unpaired) electrons. The first-order chi connectivity index (χ1) is 6.18. The van der Waals surface area contributed by atoms with Crippen molar-refractivity contribution < 1.29 is 0 Å². The van der Waals surface area contributed by atoms with E-state index in [0.29, 0.717) is 6.04 Å². The maximum absolute atomic E-state index is 4.02. The first-order valence-electron chi connectivity index (χ1n) is 4.94. The highest BCUT2D eigenvalue weighted by atomic mass is 15.1. The summed E-state index contributed by atoms with van der Waals surface area (Å²) in [5.41, 5.74) is 2.47. The molecule has 1 saturated carbocycles. The van der Waals surface area contributed by atoms with E-state index in [0.717, 1.165) is 12.0 Å². The third-order valence-electron chi connectivity index (χ3n) is 2.91. The molecule has 1 heterocycles. The van der Waals surface area contributed by atoms with Crippen LogP contribution in [0, 0.1) is 12.8 Å². The molecule has 1 fully saturated rings. The van der Waals surface area contributed by atoms with Gasteiger partial charge in [0.05, 0.1) is 6.20 Å². The number of nitrogens with zero attached hydrogens (tertiary/aromatic N) is 1. The minimum Gasteiger partial charge on any atom is -0.307 e.